The molecule has 1 saturated heterocycles. The summed E-state index contributed by atoms with van der Waals surface area (Å²) in [6.45, 7) is 13.5. The van der Waals surface area contributed by atoms with Crippen LogP contribution < -0.4 is 10.6 Å². The van der Waals surface area contributed by atoms with Gasteiger partial charge in [-0.15, -0.1) is 0 Å². The molecule has 21 nitrogen and oxygen atoms in total. The molecule has 1 unspecified atom stereocenters. The number of ether oxygens (including phenoxy) is 13. The van der Waals surface area contributed by atoms with Crippen LogP contribution in [0.1, 0.15) is 105 Å². The van der Waals surface area contributed by atoms with E-state index in [-0.39, 0.29) is 36.5 Å². The van der Waals surface area contributed by atoms with Gasteiger partial charge in [0.25, 0.3) is 11.8 Å². The van der Waals surface area contributed by atoms with Gasteiger partial charge in [0.2, 0.25) is 11.8 Å². The number of imide groups is 2. The number of anilines is 1. The summed E-state index contributed by atoms with van der Waals surface area (Å²) in [7, 11) is 0. The zero-order valence-corrected chi connectivity index (χ0v) is 43.0. The number of hydrogen-bond donors (Lipinski definition) is 2. The Morgan fingerprint density at radius 3 is 1.32 bits per heavy atom. The lowest BCUT2D eigenvalue weighted by Crippen LogP contribution is -2.54. The monoisotopic (exact) mass is 1030 g/mol. The van der Waals surface area contributed by atoms with Crippen molar-refractivity contribution in [3.63, 3.8) is 0 Å². The van der Waals surface area contributed by atoms with Crippen LogP contribution in [0.2, 0.25) is 0 Å². The standard InChI is InChI=1S/C51H85N3O18/c1-2-3-4-5-6-7-8-9-10-14-47(56)72-42-41-71-40-39-70-38-37-69-36-35-68-34-33-67-32-31-66-30-29-65-28-27-64-26-25-63-24-23-62-22-21-61-20-19-60-18-17-52-44-13-11-12-43-48(44)51(59)54(50(43)58)45-15-16-46(55)53-49(45)57/h11-13,45,52H,2-10,14-42H2,1H3,(H,53,55,57). The molecule has 2 aliphatic rings. The lowest BCUT2D eigenvalue weighted by atomic mass is 10.0. The molecule has 0 aromatic heterocycles. The lowest BCUT2D eigenvalue weighted by Gasteiger charge is -2.27. The third kappa shape index (κ3) is 29.9. The van der Waals surface area contributed by atoms with E-state index < -0.39 is 29.7 Å². The van der Waals surface area contributed by atoms with Crippen molar-refractivity contribution in [1.29, 1.82) is 0 Å². The van der Waals surface area contributed by atoms with Crippen molar-refractivity contribution in [2.24, 2.45) is 0 Å². The normalized spacial score (nSPS) is 14.6. The number of rotatable bonds is 51. The fourth-order valence-electron chi connectivity index (χ4n) is 7.31. The number of hydrogen-bond acceptors (Lipinski definition) is 19. The molecule has 1 aromatic rings. The smallest absolute Gasteiger partial charge is 0.305 e. The van der Waals surface area contributed by atoms with Crippen molar-refractivity contribution in [1.82, 2.24) is 10.2 Å². The van der Waals surface area contributed by atoms with Crippen LogP contribution in [0.4, 0.5) is 5.69 Å². The van der Waals surface area contributed by atoms with Gasteiger partial charge in [-0.2, -0.15) is 0 Å². The highest BCUT2D eigenvalue weighted by molar-refractivity contribution is 6.25. The summed E-state index contributed by atoms with van der Waals surface area (Å²) in [5.74, 6) is -2.33. The Hall–Kier alpha value is -3.71. The molecular formula is C51H85N3O18. The average molecular weight is 1030 g/mol. The van der Waals surface area contributed by atoms with Gasteiger partial charge in [-0.05, 0) is 25.0 Å². The summed E-state index contributed by atoms with van der Waals surface area (Å²) < 4.78 is 71.4. The third-order valence-corrected chi connectivity index (χ3v) is 11.1. The maximum absolute atomic E-state index is 13.2. The topological polar surface area (TPSA) is 233 Å². The van der Waals surface area contributed by atoms with Gasteiger partial charge in [0.05, 0.1) is 170 Å². The number of unbranched alkanes of at least 4 members (excludes halogenated alkanes) is 8. The first kappa shape index (κ1) is 62.6. The molecule has 1 atom stereocenters. The first-order valence-corrected chi connectivity index (χ1v) is 26.1. The van der Waals surface area contributed by atoms with Crippen molar-refractivity contribution < 1.29 is 85.6 Å². The van der Waals surface area contributed by atoms with Gasteiger partial charge < -0.3 is 66.9 Å². The molecule has 72 heavy (non-hydrogen) atoms. The molecule has 0 saturated carbocycles. The summed E-state index contributed by atoms with van der Waals surface area (Å²) >= 11 is 0. The molecule has 0 radical (unpaired) electrons. The van der Waals surface area contributed by atoms with E-state index in [1.54, 1.807) is 18.2 Å². The summed E-state index contributed by atoms with van der Waals surface area (Å²) in [4.78, 5) is 62.8. The van der Waals surface area contributed by atoms with Gasteiger partial charge in [0.15, 0.2) is 0 Å². The number of benzene rings is 1. The van der Waals surface area contributed by atoms with Crippen LogP contribution >= 0.6 is 0 Å². The molecule has 2 heterocycles. The quantitative estimate of drug-likeness (QED) is 0.0530. The van der Waals surface area contributed by atoms with Crippen LogP contribution in [0.25, 0.3) is 0 Å². The molecule has 1 aromatic carbocycles. The number of fused-ring (bicyclic) bond motifs is 1. The minimum Gasteiger partial charge on any atom is -0.463 e. The van der Waals surface area contributed by atoms with E-state index in [9.17, 15) is 24.0 Å². The molecule has 1 fully saturated rings. The number of carbonyl (C=O) groups is 5. The second-order valence-electron chi connectivity index (χ2n) is 16.7. The highest BCUT2D eigenvalue weighted by Gasteiger charge is 2.45. The van der Waals surface area contributed by atoms with Gasteiger partial charge in [-0.25, -0.2) is 0 Å². The number of nitrogens with one attached hydrogen (secondary N) is 2. The van der Waals surface area contributed by atoms with E-state index >= 15 is 0 Å². The minimum atomic E-state index is -1.02. The van der Waals surface area contributed by atoms with Gasteiger partial charge in [-0.1, -0.05) is 64.4 Å². The average Bonchev–Trinajstić information content (AvgIpc) is 3.63. The Kier molecular flexibility index (Phi) is 38.0. The van der Waals surface area contributed by atoms with Crippen molar-refractivity contribution >= 4 is 35.3 Å². The van der Waals surface area contributed by atoms with Crippen LogP contribution in [0.3, 0.4) is 0 Å². The summed E-state index contributed by atoms with van der Waals surface area (Å²) in [5.41, 5.74) is 0.896. The molecule has 0 aliphatic carbocycles. The number of piperidine rings is 1. The Morgan fingerprint density at radius 2 is 0.903 bits per heavy atom. The Bertz CT molecular complexity index is 1590. The Morgan fingerprint density at radius 1 is 0.514 bits per heavy atom. The highest BCUT2D eigenvalue weighted by atomic mass is 16.6. The highest BCUT2D eigenvalue weighted by Crippen LogP contribution is 2.32. The molecular weight excluding hydrogens is 943 g/mol. The van der Waals surface area contributed by atoms with Crippen LogP contribution in [0.15, 0.2) is 18.2 Å². The molecule has 2 N–H and O–H groups in total. The molecule has 0 bridgehead atoms. The largest absolute Gasteiger partial charge is 0.463 e. The van der Waals surface area contributed by atoms with Crippen molar-refractivity contribution in [3.8, 4) is 0 Å². The van der Waals surface area contributed by atoms with Crippen molar-refractivity contribution in [2.45, 2.75) is 90.0 Å². The Balaban J connectivity index is 0.929. The molecule has 21 heteroatoms. The number of nitrogens with zero attached hydrogens (tertiary/aromatic N) is 1. The van der Waals surface area contributed by atoms with Crippen LogP contribution in [-0.4, -0.2) is 212 Å². The van der Waals surface area contributed by atoms with Gasteiger partial charge in [-0.3, -0.25) is 34.2 Å². The maximum Gasteiger partial charge on any atom is 0.305 e. The zero-order chi connectivity index (χ0) is 51.4. The third-order valence-electron chi connectivity index (χ3n) is 11.1. The van der Waals surface area contributed by atoms with Gasteiger partial charge in [0.1, 0.15) is 12.6 Å². The van der Waals surface area contributed by atoms with Crippen molar-refractivity contribution in [3.05, 3.63) is 29.3 Å². The SMILES string of the molecule is CCCCCCCCCCCC(=O)OCCOCCOCCOCCOCCOCCOCCOCCOCCOCCOCCOCCOCCNc1cccc2c1C(=O)N(C1CCC(=O)NC1=O)C2=O. The number of amides is 4. The predicted molar refractivity (Wildman–Crippen MR) is 264 cm³/mol. The van der Waals surface area contributed by atoms with Crippen LogP contribution in [0.5, 0.6) is 0 Å². The van der Waals surface area contributed by atoms with E-state index in [2.05, 4.69) is 17.6 Å². The molecule has 412 valence electrons. The fraction of sp³-hybridized carbons (Fsp3) is 0.784. The molecule has 3 rings (SSSR count). The molecule has 4 amide bonds. The van der Waals surface area contributed by atoms with E-state index in [0.29, 0.717) is 177 Å². The number of carbonyl (C=O) groups excluding carboxylic acids is 5. The fourth-order valence-corrected chi connectivity index (χ4v) is 7.31. The maximum atomic E-state index is 13.2. The van der Waals surface area contributed by atoms with Crippen LogP contribution in [-0.2, 0) is 76.0 Å². The van der Waals surface area contributed by atoms with E-state index in [1.165, 1.54) is 44.9 Å². The number of esters is 1. The van der Waals surface area contributed by atoms with E-state index in [4.69, 9.17) is 61.6 Å². The van der Waals surface area contributed by atoms with Crippen molar-refractivity contribution in [2.75, 3.05) is 177 Å². The molecule has 2 aliphatic heterocycles. The Labute approximate surface area is 426 Å². The second kappa shape index (κ2) is 43.7. The second-order valence-corrected chi connectivity index (χ2v) is 16.7. The zero-order valence-electron chi connectivity index (χ0n) is 43.0. The van der Waals surface area contributed by atoms with Gasteiger partial charge >= 0.3 is 5.97 Å². The minimum absolute atomic E-state index is 0.0616. The van der Waals surface area contributed by atoms with E-state index in [0.717, 1.165) is 17.7 Å². The summed E-state index contributed by atoms with van der Waals surface area (Å²) in [6.07, 6.45) is 11.7. The van der Waals surface area contributed by atoms with Crippen LogP contribution in [0, 0.1) is 0 Å². The summed E-state index contributed by atoms with van der Waals surface area (Å²) in [6, 6.07) is 3.89. The lowest BCUT2D eigenvalue weighted by molar-refractivity contribution is -0.145. The first-order valence-electron chi connectivity index (χ1n) is 26.1. The first-order chi connectivity index (χ1) is 35.4. The summed E-state index contributed by atoms with van der Waals surface area (Å²) in [5, 5.41) is 5.34. The van der Waals surface area contributed by atoms with E-state index in [1.807, 2.05) is 0 Å². The van der Waals surface area contributed by atoms with Gasteiger partial charge in [0, 0.05) is 25.1 Å². The molecule has 0 spiro atoms. The predicted octanol–water partition coefficient (Wildman–Crippen LogP) is 4.16.